The lowest BCUT2D eigenvalue weighted by Crippen LogP contribution is -1.93. The number of hydrogen-bond donors (Lipinski definition) is 1. The van der Waals surface area contributed by atoms with E-state index in [9.17, 15) is 0 Å². The van der Waals surface area contributed by atoms with Crippen molar-refractivity contribution in [2.24, 2.45) is 5.92 Å². The van der Waals surface area contributed by atoms with Gasteiger partial charge in [0.1, 0.15) is 0 Å². The van der Waals surface area contributed by atoms with Gasteiger partial charge in [0.2, 0.25) is 5.88 Å². The van der Waals surface area contributed by atoms with E-state index in [0.29, 0.717) is 10.9 Å². The van der Waals surface area contributed by atoms with Crippen LogP contribution in [0, 0.1) is 5.92 Å². The van der Waals surface area contributed by atoms with Gasteiger partial charge in [-0.1, -0.05) is 35.0 Å². The second-order valence-corrected chi connectivity index (χ2v) is 4.90. The second-order valence-electron chi connectivity index (χ2n) is 4.50. The highest BCUT2D eigenvalue weighted by Gasteiger charge is 2.26. The Morgan fingerprint density at radius 1 is 1.35 bits per heavy atom. The van der Waals surface area contributed by atoms with Crippen molar-refractivity contribution in [3.8, 4) is 11.1 Å². The molecule has 1 aliphatic rings. The lowest BCUT2D eigenvalue weighted by molar-refractivity contribution is 0.426. The molecule has 2 aromatic rings. The molecule has 1 heterocycles. The molecular formula is C13H13ClN2O. The molecule has 1 fully saturated rings. The summed E-state index contributed by atoms with van der Waals surface area (Å²) in [6, 6.07) is 7.64. The Morgan fingerprint density at radius 2 is 2.12 bits per heavy atom. The Bertz CT molecular complexity index is 546. The van der Waals surface area contributed by atoms with E-state index in [1.165, 1.54) is 12.8 Å². The summed E-state index contributed by atoms with van der Waals surface area (Å²) in [4.78, 5) is 0. The van der Waals surface area contributed by atoms with Crippen molar-refractivity contribution in [3.63, 3.8) is 0 Å². The number of anilines is 1. The molecule has 0 aliphatic heterocycles. The van der Waals surface area contributed by atoms with Crippen LogP contribution in [0.5, 0.6) is 0 Å². The summed E-state index contributed by atoms with van der Waals surface area (Å²) in [5.41, 5.74) is 8.55. The Morgan fingerprint density at radius 3 is 2.82 bits per heavy atom. The zero-order chi connectivity index (χ0) is 11.8. The molecule has 88 valence electrons. The van der Waals surface area contributed by atoms with Crippen LogP contribution in [0.1, 0.15) is 18.5 Å². The van der Waals surface area contributed by atoms with Gasteiger partial charge in [-0.2, -0.15) is 0 Å². The summed E-state index contributed by atoms with van der Waals surface area (Å²) in [5.74, 6) is 1.09. The first-order chi connectivity index (χ1) is 8.25. The Kier molecular flexibility index (Phi) is 2.56. The number of aromatic nitrogens is 1. The zero-order valence-corrected chi connectivity index (χ0v) is 10.1. The second kappa shape index (κ2) is 4.08. The van der Waals surface area contributed by atoms with E-state index in [4.69, 9.17) is 21.9 Å². The molecule has 0 radical (unpaired) electrons. The molecule has 2 N–H and O–H groups in total. The predicted molar refractivity (Wildman–Crippen MR) is 67.8 cm³/mol. The van der Waals surface area contributed by atoms with Gasteiger partial charge >= 0.3 is 0 Å². The van der Waals surface area contributed by atoms with Crippen molar-refractivity contribution in [2.75, 3.05) is 5.73 Å². The van der Waals surface area contributed by atoms with E-state index in [1.54, 1.807) is 0 Å². The quantitative estimate of drug-likeness (QED) is 0.904. The molecule has 0 saturated heterocycles. The molecule has 1 aromatic heterocycles. The summed E-state index contributed by atoms with van der Waals surface area (Å²) in [5, 5.41) is 4.73. The third kappa shape index (κ3) is 2.03. The van der Waals surface area contributed by atoms with Crippen LogP contribution < -0.4 is 5.73 Å². The van der Waals surface area contributed by atoms with Gasteiger partial charge in [-0.25, -0.2) is 0 Å². The van der Waals surface area contributed by atoms with Crippen molar-refractivity contribution in [2.45, 2.75) is 19.3 Å². The van der Waals surface area contributed by atoms with Gasteiger partial charge < -0.3 is 10.3 Å². The largest absolute Gasteiger partial charge is 0.367 e. The average Bonchev–Trinajstić information content (AvgIpc) is 3.05. The fourth-order valence-electron chi connectivity index (χ4n) is 2.02. The van der Waals surface area contributed by atoms with Crippen molar-refractivity contribution >= 4 is 17.5 Å². The summed E-state index contributed by atoms with van der Waals surface area (Å²) >= 11 is 6.19. The van der Waals surface area contributed by atoms with Crippen LogP contribution in [-0.2, 0) is 6.42 Å². The number of rotatable bonds is 3. The molecule has 0 amide bonds. The standard InChI is InChI=1S/C13H13ClN2O/c14-10-4-2-1-3-9(10)12-11(7-8-5-6-8)16-17-13(12)15/h1-4,8H,5-7,15H2. The molecule has 17 heavy (non-hydrogen) atoms. The van der Waals surface area contributed by atoms with E-state index in [-0.39, 0.29) is 0 Å². The Labute approximate surface area is 105 Å². The monoisotopic (exact) mass is 248 g/mol. The maximum atomic E-state index is 6.19. The third-order valence-electron chi connectivity index (χ3n) is 3.11. The molecule has 1 aliphatic carbocycles. The molecule has 1 aromatic carbocycles. The lowest BCUT2D eigenvalue weighted by Gasteiger charge is -2.04. The SMILES string of the molecule is Nc1onc(CC2CC2)c1-c1ccccc1Cl. The van der Waals surface area contributed by atoms with E-state index in [0.717, 1.165) is 29.2 Å². The summed E-state index contributed by atoms with van der Waals surface area (Å²) in [7, 11) is 0. The van der Waals surface area contributed by atoms with Crippen LogP contribution >= 0.6 is 11.6 Å². The highest BCUT2D eigenvalue weighted by molar-refractivity contribution is 6.33. The molecule has 3 nitrogen and oxygen atoms in total. The lowest BCUT2D eigenvalue weighted by atomic mass is 10.0. The molecule has 0 atom stereocenters. The first-order valence-corrected chi connectivity index (χ1v) is 6.12. The first kappa shape index (κ1) is 10.7. The minimum atomic E-state index is 0.355. The van der Waals surface area contributed by atoms with Crippen molar-refractivity contribution in [1.82, 2.24) is 5.16 Å². The van der Waals surface area contributed by atoms with Crippen molar-refractivity contribution in [1.29, 1.82) is 0 Å². The van der Waals surface area contributed by atoms with E-state index in [1.807, 2.05) is 24.3 Å². The van der Waals surface area contributed by atoms with Gasteiger partial charge in [-0.05, 0) is 31.2 Å². The van der Waals surface area contributed by atoms with Gasteiger partial charge in [0.15, 0.2) is 0 Å². The van der Waals surface area contributed by atoms with Gasteiger partial charge in [0.05, 0.1) is 11.3 Å². The van der Waals surface area contributed by atoms with E-state index in [2.05, 4.69) is 5.16 Å². The van der Waals surface area contributed by atoms with Gasteiger partial charge in [-0.15, -0.1) is 0 Å². The van der Waals surface area contributed by atoms with Crippen LogP contribution in [0.2, 0.25) is 5.02 Å². The molecule has 1 saturated carbocycles. The number of nitrogens with two attached hydrogens (primary N) is 1. The van der Waals surface area contributed by atoms with Crippen molar-refractivity contribution < 1.29 is 4.52 Å². The average molecular weight is 249 g/mol. The van der Waals surface area contributed by atoms with Crippen LogP contribution in [0.25, 0.3) is 11.1 Å². The maximum absolute atomic E-state index is 6.19. The highest BCUT2D eigenvalue weighted by Crippen LogP contribution is 2.39. The maximum Gasteiger partial charge on any atom is 0.230 e. The zero-order valence-electron chi connectivity index (χ0n) is 9.32. The predicted octanol–water partition coefficient (Wildman–Crippen LogP) is 3.53. The van der Waals surface area contributed by atoms with Gasteiger partial charge in [0, 0.05) is 10.6 Å². The fourth-order valence-corrected chi connectivity index (χ4v) is 2.25. The fraction of sp³-hybridized carbons (Fsp3) is 0.308. The van der Waals surface area contributed by atoms with E-state index < -0.39 is 0 Å². The molecule has 3 rings (SSSR count). The smallest absolute Gasteiger partial charge is 0.230 e. The Hall–Kier alpha value is -1.48. The minimum Gasteiger partial charge on any atom is -0.367 e. The molecule has 0 bridgehead atoms. The minimum absolute atomic E-state index is 0.355. The number of halogens is 1. The third-order valence-corrected chi connectivity index (χ3v) is 3.44. The highest BCUT2D eigenvalue weighted by atomic mass is 35.5. The number of nitrogens with zero attached hydrogens (tertiary/aromatic N) is 1. The number of nitrogen functional groups attached to an aromatic ring is 1. The van der Waals surface area contributed by atoms with E-state index >= 15 is 0 Å². The van der Waals surface area contributed by atoms with Crippen LogP contribution in [0.15, 0.2) is 28.8 Å². The molecule has 0 unspecified atom stereocenters. The molecular weight excluding hydrogens is 236 g/mol. The Balaban J connectivity index is 2.06. The first-order valence-electron chi connectivity index (χ1n) is 5.74. The van der Waals surface area contributed by atoms with Crippen LogP contribution in [-0.4, -0.2) is 5.16 Å². The number of benzene rings is 1. The van der Waals surface area contributed by atoms with Crippen molar-refractivity contribution in [3.05, 3.63) is 35.0 Å². The van der Waals surface area contributed by atoms with Gasteiger partial charge in [0.25, 0.3) is 0 Å². The van der Waals surface area contributed by atoms with Crippen LogP contribution in [0.4, 0.5) is 5.88 Å². The van der Waals surface area contributed by atoms with Gasteiger partial charge in [-0.3, -0.25) is 0 Å². The normalized spacial score (nSPS) is 15.1. The van der Waals surface area contributed by atoms with Crippen LogP contribution in [0.3, 0.4) is 0 Å². The summed E-state index contributed by atoms with van der Waals surface area (Å²) < 4.78 is 5.10. The summed E-state index contributed by atoms with van der Waals surface area (Å²) in [6.45, 7) is 0. The topological polar surface area (TPSA) is 52.0 Å². The number of hydrogen-bond acceptors (Lipinski definition) is 3. The summed E-state index contributed by atoms with van der Waals surface area (Å²) in [6.07, 6.45) is 3.48. The molecule has 4 heteroatoms. The molecule has 0 spiro atoms.